The van der Waals surface area contributed by atoms with Crippen molar-refractivity contribution in [2.75, 3.05) is 6.54 Å². The molecular weight excluding hydrogens is 470 g/mol. The SMILES string of the molecule is CC(C)CC(NC(=O)CNC(=O)C(Cc1c[nH]c2ccccc12)NC(=O)C(N)CCC(=O)O)C(=O)O. The highest BCUT2D eigenvalue weighted by Gasteiger charge is 2.27. The lowest BCUT2D eigenvalue weighted by molar-refractivity contribution is -0.142. The number of aliphatic carboxylic acids is 2. The minimum atomic E-state index is -1.18. The zero-order valence-corrected chi connectivity index (χ0v) is 20.2. The molecule has 12 nitrogen and oxygen atoms in total. The highest BCUT2D eigenvalue weighted by atomic mass is 16.4. The van der Waals surface area contributed by atoms with Crippen molar-refractivity contribution < 1.29 is 34.2 Å². The number of amides is 3. The molecule has 3 amide bonds. The summed E-state index contributed by atoms with van der Waals surface area (Å²) in [5, 5.41) is 26.3. The predicted molar refractivity (Wildman–Crippen MR) is 131 cm³/mol. The van der Waals surface area contributed by atoms with Crippen LogP contribution in [-0.2, 0) is 30.4 Å². The molecule has 8 N–H and O–H groups in total. The summed E-state index contributed by atoms with van der Waals surface area (Å²) in [6.45, 7) is 3.15. The lowest BCUT2D eigenvalue weighted by Gasteiger charge is -2.21. The number of aromatic amines is 1. The predicted octanol–water partition coefficient (Wildman–Crippen LogP) is 0.119. The quantitative estimate of drug-likeness (QED) is 0.188. The van der Waals surface area contributed by atoms with E-state index in [-0.39, 0.29) is 31.6 Å². The molecule has 0 bridgehead atoms. The van der Waals surface area contributed by atoms with Crippen molar-refractivity contribution in [3.8, 4) is 0 Å². The summed E-state index contributed by atoms with van der Waals surface area (Å²) in [6.07, 6.45) is 1.58. The Morgan fingerprint density at radius 1 is 1.00 bits per heavy atom. The molecule has 2 rings (SSSR count). The normalized spacial score (nSPS) is 13.6. The van der Waals surface area contributed by atoms with Gasteiger partial charge in [-0.2, -0.15) is 0 Å². The molecule has 0 aliphatic carbocycles. The second kappa shape index (κ2) is 13.2. The summed E-state index contributed by atoms with van der Waals surface area (Å²) in [5.41, 5.74) is 7.36. The number of benzene rings is 1. The summed E-state index contributed by atoms with van der Waals surface area (Å²) in [7, 11) is 0. The average Bonchev–Trinajstić information content (AvgIpc) is 3.22. The standard InChI is InChI=1S/C24H33N5O7/c1-13(2)9-19(24(35)36)28-20(30)12-27-23(34)18(29-22(33)16(25)7-8-21(31)32)10-14-11-26-17-6-4-3-5-15(14)17/h3-6,11,13,16,18-19,26H,7-10,12,25H2,1-2H3,(H,27,34)(H,28,30)(H,29,33)(H,31,32)(H,35,36). The molecule has 1 aromatic carbocycles. The van der Waals surface area contributed by atoms with E-state index >= 15 is 0 Å². The first-order valence-corrected chi connectivity index (χ1v) is 11.6. The first kappa shape index (κ1) is 28.3. The molecule has 1 aromatic heterocycles. The Morgan fingerprint density at radius 2 is 1.69 bits per heavy atom. The number of fused-ring (bicyclic) bond motifs is 1. The van der Waals surface area contributed by atoms with Crippen LogP contribution >= 0.6 is 0 Å². The van der Waals surface area contributed by atoms with Gasteiger partial charge in [0.15, 0.2) is 0 Å². The van der Waals surface area contributed by atoms with Crippen molar-refractivity contribution in [2.45, 2.75) is 57.7 Å². The van der Waals surface area contributed by atoms with Crippen LogP contribution in [0.15, 0.2) is 30.5 Å². The van der Waals surface area contributed by atoms with Crippen LogP contribution in [0.5, 0.6) is 0 Å². The fourth-order valence-corrected chi connectivity index (χ4v) is 3.65. The Morgan fingerprint density at radius 3 is 2.33 bits per heavy atom. The van der Waals surface area contributed by atoms with Crippen LogP contribution in [0.25, 0.3) is 10.9 Å². The second-order valence-electron chi connectivity index (χ2n) is 8.97. The van der Waals surface area contributed by atoms with E-state index in [0.717, 1.165) is 16.5 Å². The molecule has 0 saturated heterocycles. The molecule has 0 radical (unpaired) electrons. The highest BCUT2D eigenvalue weighted by Crippen LogP contribution is 2.19. The molecule has 1 heterocycles. The first-order chi connectivity index (χ1) is 17.0. The van der Waals surface area contributed by atoms with Gasteiger partial charge in [-0.25, -0.2) is 4.79 Å². The lowest BCUT2D eigenvalue weighted by atomic mass is 10.0. The Labute approximate surface area is 208 Å². The van der Waals surface area contributed by atoms with Crippen LogP contribution in [0.3, 0.4) is 0 Å². The van der Waals surface area contributed by atoms with Crippen LogP contribution in [0, 0.1) is 5.92 Å². The van der Waals surface area contributed by atoms with Crippen molar-refractivity contribution in [3.63, 3.8) is 0 Å². The van der Waals surface area contributed by atoms with E-state index < -0.39 is 54.3 Å². The largest absolute Gasteiger partial charge is 0.481 e. The molecule has 2 aromatic rings. The maximum atomic E-state index is 13.0. The Kier molecular flexibility index (Phi) is 10.4. The highest BCUT2D eigenvalue weighted by molar-refractivity contribution is 5.93. The number of rotatable bonds is 14. The van der Waals surface area contributed by atoms with Crippen molar-refractivity contribution in [2.24, 2.45) is 11.7 Å². The molecule has 0 fully saturated rings. The van der Waals surface area contributed by atoms with Crippen LogP contribution in [0.4, 0.5) is 0 Å². The third-order valence-electron chi connectivity index (χ3n) is 5.50. The number of nitrogens with two attached hydrogens (primary N) is 1. The van der Waals surface area contributed by atoms with Crippen molar-refractivity contribution in [1.82, 2.24) is 20.9 Å². The number of hydrogen-bond donors (Lipinski definition) is 7. The molecule has 3 unspecified atom stereocenters. The van der Waals surface area contributed by atoms with Gasteiger partial charge in [0.25, 0.3) is 0 Å². The van der Waals surface area contributed by atoms with E-state index in [1.165, 1.54) is 0 Å². The van der Waals surface area contributed by atoms with Crippen molar-refractivity contribution in [1.29, 1.82) is 0 Å². The summed E-state index contributed by atoms with van der Waals surface area (Å²) in [5.74, 6) is -4.32. The summed E-state index contributed by atoms with van der Waals surface area (Å²) in [6, 6.07) is 4.03. The molecule has 0 spiro atoms. The van der Waals surface area contributed by atoms with E-state index in [9.17, 15) is 29.1 Å². The van der Waals surface area contributed by atoms with Crippen molar-refractivity contribution in [3.05, 3.63) is 36.0 Å². The first-order valence-electron chi connectivity index (χ1n) is 11.6. The molecule has 196 valence electrons. The van der Waals surface area contributed by atoms with Gasteiger partial charge in [-0.15, -0.1) is 0 Å². The lowest BCUT2D eigenvalue weighted by Crippen LogP contribution is -2.54. The monoisotopic (exact) mass is 503 g/mol. The van der Waals surface area contributed by atoms with Crippen LogP contribution in [0.1, 0.15) is 38.7 Å². The number of carboxylic acids is 2. The van der Waals surface area contributed by atoms with E-state index in [0.29, 0.717) is 0 Å². The second-order valence-corrected chi connectivity index (χ2v) is 8.97. The number of carboxylic acid groups (broad SMARTS) is 2. The van der Waals surface area contributed by atoms with Gasteiger partial charge in [-0.1, -0.05) is 32.0 Å². The van der Waals surface area contributed by atoms with Gasteiger partial charge in [0, 0.05) is 29.9 Å². The number of H-pyrrole nitrogens is 1. The molecule has 0 aliphatic rings. The molecule has 0 saturated carbocycles. The number of carbonyl (C=O) groups excluding carboxylic acids is 3. The third kappa shape index (κ3) is 8.69. The summed E-state index contributed by atoms with van der Waals surface area (Å²) < 4.78 is 0. The van der Waals surface area contributed by atoms with E-state index in [2.05, 4.69) is 20.9 Å². The van der Waals surface area contributed by atoms with Gasteiger partial charge in [-0.3, -0.25) is 19.2 Å². The van der Waals surface area contributed by atoms with Crippen LogP contribution < -0.4 is 21.7 Å². The third-order valence-corrected chi connectivity index (χ3v) is 5.50. The minimum Gasteiger partial charge on any atom is -0.481 e. The van der Waals surface area contributed by atoms with Crippen LogP contribution in [0.2, 0.25) is 0 Å². The fraction of sp³-hybridized carbons (Fsp3) is 0.458. The number of aromatic nitrogens is 1. The van der Waals surface area contributed by atoms with E-state index in [1.54, 1.807) is 6.20 Å². The zero-order valence-electron chi connectivity index (χ0n) is 20.2. The zero-order chi connectivity index (χ0) is 26.8. The van der Waals surface area contributed by atoms with Gasteiger partial charge in [0.1, 0.15) is 12.1 Å². The molecular formula is C24H33N5O7. The maximum absolute atomic E-state index is 13.0. The molecule has 3 atom stereocenters. The van der Waals surface area contributed by atoms with Gasteiger partial charge in [-0.05, 0) is 30.4 Å². The van der Waals surface area contributed by atoms with E-state index in [1.807, 2.05) is 38.1 Å². The fourth-order valence-electron chi connectivity index (χ4n) is 3.65. The summed E-state index contributed by atoms with van der Waals surface area (Å²) >= 11 is 0. The van der Waals surface area contributed by atoms with Gasteiger partial charge >= 0.3 is 11.9 Å². The van der Waals surface area contributed by atoms with Gasteiger partial charge in [0.05, 0.1) is 12.6 Å². The number of carbonyl (C=O) groups is 5. The maximum Gasteiger partial charge on any atom is 0.326 e. The minimum absolute atomic E-state index is 0.0297. The van der Waals surface area contributed by atoms with Crippen molar-refractivity contribution >= 4 is 40.6 Å². The molecule has 12 heteroatoms. The van der Waals surface area contributed by atoms with Gasteiger partial charge in [0.2, 0.25) is 17.7 Å². The number of para-hydroxylation sites is 1. The summed E-state index contributed by atoms with van der Waals surface area (Å²) in [4.78, 5) is 63.1. The van der Waals surface area contributed by atoms with E-state index in [4.69, 9.17) is 10.8 Å². The number of hydrogen-bond acceptors (Lipinski definition) is 6. The molecule has 0 aliphatic heterocycles. The van der Waals surface area contributed by atoms with Gasteiger partial charge < -0.3 is 36.9 Å². The Hall–Kier alpha value is -3.93. The Bertz CT molecular complexity index is 1100. The topological polar surface area (TPSA) is 204 Å². The average molecular weight is 504 g/mol. The molecule has 36 heavy (non-hydrogen) atoms. The van der Waals surface area contributed by atoms with Crippen LogP contribution in [-0.4, -0.2) is 69.5 Å². The number of nitrogens with one attached hydrogen (secondary N) is 4. The smallest absolute Gasteiger partial charge is 0.326 e. The Balaban J connectivity index is 2.10.